The molecule has 21 heavy (non-hydrogen) atoms. The summed E-state index contributed by atoms with van der Waals surface area (Å²) in [5.74, 6) is 0.208. The van der Waals surface area contributed by atoms with Gasteiger partial charge >= 0.3 is 0 Å². The minimum atomic E-state index is 0. The van der Waals surface area contributed by atoms with Crippen molar-refractivity contribution >= 4 is 30.7 Å². The van der Waals surface area contributed by atoms with E-state index in [-0.39, 0.29) is 36.8 Å². The predicted molar refractivity (Wildman–Crippen MR) is 91.4 cm³/mol. The van der Waals surface area contributed by atoms with Gasteiger partial charge in [0.1, 0.15) is 0 Å². The normalized spacial score (nSPS) is 22.2. The van der Waals surface area contributed by atoms with Crippen LogP contribution in [0.5, 0.6) is 0 Å². The van der Waals surface area contributed by atoms with Crippen LogP contribution in [0.25, 0.3) is 0 Å². The van der Waals surface area contributed by atoms with Crippen molar-refractivity contribution in [2.24, 2.45) is 5.73 Å². The molecule has 5 nitrogen and oxygen atoms in total. The fraction of sp³-hybridized carbons (Fsp3) is 0.929. The standard InChI is InChI=1S/C14H28N4O.2ClH/c1-12(14(19)16-13-4-2-3-5-13)18-10-8-17(7-6-15)9-11-18;;/h12-13H,2-11,15H2,1H3,(H,16,19);2*1H. The Morgan fingerprint density at radius 3 is 2.29 bits per heavy atom. The van der Waals surface area contributed by atoms with Gasteiger partial charge in [-0.25, -0.2) is 0 Å². The van der Waals surface area contributed by atoms with Crippen molar-refractivity contribution in [1.82, 2.24) is 15.1 Å². The number of nitrogens with one attached hydrogen (secondary N) is 1. The van der Waals surface area contributed by atoms with E-state index in [9.17, 15) is 4.79 Å². The van der Waals surface area contributed by atoms with Gasteiger partial charge in [-0.15, -0.1) is 24.8 Å². The van der Waals surface area contributed by atoms with Gasteiger partial charge in [0.15, 0.2) is 0 Å². The van der Waals surface area contributed by atoms with E-state index in [4.69, 9.17) is 5.73 Å². The van der Waals surface area contributed by atoms with Gasteiger partial charge in [-0.05, 0) is 19.8 Å². The summed E-state index contributed by atoms with van der Waals surface area (Å²) < 4.78 is 0. The average Bonchev–Trinajstić information content (AvgIpc) is 2.92. The number of carbonyl (C=O) groups excluding carboxylic acids is 1. The minimum Gasteiger partial charge on any atom is -0.352 e. The SMILES string of the molecule is CC(C(=O)NC1CCCC1)N1CCN(CCN)CC1.Cl.Cl. The molecule has 1 saturated carbocycles. The molecule has 3 N–H and O–H groups in total. The minimum absolute atomic E-state index is 0. The van der Waals surface area contributed by atoms with Crippen LogP contribution in [-0.4, -0.2) is 67.1 Å². The smallest absolute Gasteiger partial charge is 0.237 e. The van der Waals surface area contributed by atoms with Crippen LogP contribution in [0.15, 0.2) is 0 Å². The van der Waals surface area contributed by atoms with Crippen LogP contribution < -0.4 is 11.1 Å². The van der Waals surface area contributed by atoms with Crippen LogP contribution in [0, 0.1) is 0 Å². The molecule has 1 heterocycles. The fourth-order valence-electron chi connectivity index (χ4n) is 3.11. The Bertz CT molecular complexity index is 293. The van der Waals surface area contributed by atoms with Crippen molar-refractivity contribution in [2.75, 3.05) is 39.3 Å². The molecule has 0 aromatic heterocycles. The zero-order valence-electron chi connectivity index (χ0n) is 12.9. The number of carbonyl (C=O) groups is 1. The van der Waals surface area contributed by atoms with Crippen LogP contribution in [-0.2, 0) is 4.79 Å². The molecule has 0 bridgehead atoms. The largest absolute Gasteiger partial charge is 0.352 e. The topological polar surface area (TPSA) is 61.6 Å². The molecule has 1 aliphatic carbocycles. The second-order valence-electron chi connectivity index (χ2n) is 5.83. The number of nitrogens with zero attached hydrogens (tertiary/aromatic N) is 2. The molecule has 1 saturated heterocycles. The summed E-state index contributed by atoms with van der Waals surface area (Å²) in [7, 11) is 0. The summed E-state index contributed by atoms with van der Waals surface area (Å²) in [5, 5.41) is 3.20. The number of rotatable bonds is 5. The van der Waals surface area contributed by atoms with Gasteiger partial charge < -0.3 is 11.1 Å². The average molecular weight is 341 g/mol. The number of halogens is 2. The maximum atomic E-state index is 12.2. The first-order chi connectivity index (χ1) is 9.20. The van der Waals surface area contributed by atoms with Crippen molar-refractivity contribution in [1.29, 1.82) is 0 Å². The van der Waals surface area contributed by atoms with Crippen molar-refractivity contribution in [3.8, 4) is 0 Å². The molecule has 126 valence electrons. The Balaban J connectivity index is 0.00000200. The monoisotopic (exact) mass is 340 g/mol. The van der Waals surface area contributed by atoms with E-state index in [0.29, 0.717) is 6.04 Å². The van der Waals surface area contributed by atoms with E-state index in [1.54, 1.807) is 0 Å². The van der Waals surface area contributed by atoms with Crippen LogP contribution in [0.4, 0.5) is 0 Å². The zero-order valence-corrected chi connectivity index (χ0v) is 14.6. The van der Waals surface area contributed by atoms with E-state index in [0.717, 1.165) is 52.1 Å². The van der Waals surface area contributed by atoms with Gasteiger partial charge in [0.2, 0.25) is 5.91 Å². The van der Waals surface area contributed by atoms with Crippen LogP contribution >= 0.6 is 24.8 Å². The highest BCUT2D eigenvalue weighted by Crippen LogP contribution is 2.18. The summed E-state index contributed by atoms with van der Waals surface area (Å²) in [4.78, 5) is 16.9. The lowest BCUT2D eigenvalue weighted by Crippen LogP contribution is -2.55. The number of nitrogens with two attached hydrogens (primary N) is 1. The van der Waals surface area contributed by atoms with Gasteiger partial charge in [0.25, 0.3) is 0 Å². The quantitative estimate of drug-likeness (QED) is 0.779. The lowest BCUT2D eigenvalue weighted by atomic mass is 10.2. The zero-order chi connectivity index (χ0) is 13.7. The summed E-state index contributed by atoms with van der Waals surface area (Å²) in [6.07, 6.45) is 4.83. The molecule has 1 atom stereocenters. The predicted octanol–water partition coefficient (Wildman–Crippen LogP) is 0.854. The summed E-state index contributed by atoms with van der Waals surface area (Å²) in [5.41, 5.74) is 5.57. The van der Waals surface area contributed by atoms with E-state index in [2.05, 4.69) is 15.1 Å². The van der Waals surface area contributed by atoms with Gasteiger partial charge in [0, 0.05) is 45.3 Å². The highest BCUT2D eigenvalue weighted by Gasteiger charge is 2.27. The van der Waals surface area contributed by atoms with Crippen molar-refractivity contribution < 1.29 is 4.79 Å². The Morgan fingerprint density at radius 1 is 1.19 bits per heavy atom. The highest BCUT2D eigenvalue weighted by molar-refractivity contribution is 5.85. The van der Waals surface area contributed by atoms with Crippen molar-refractivity contribution in [3.05, 3.63) is 0 Å². The van der Waals surface area contributed by atoms with E-state index < -0.39 is 0 Å². The van der Waals surface area contributed by atoms with Gasteiger partial charge in [-0.2, -0.15) is 0 Å². The summed E-state index contributed by atoms with van der Waals surface area (Å²) in [6.45, 7) is 7.71. The van der Waals surface area contributed by atoms with Crippen molar-refractivity contribution in [3.63, 3.8) is 0 Å². The highest BCUT2D eigenvalue weighted by atomic mass is 35.5. The number of amides is 1. The lowest BCUT2D eigenvalue weighted by molar-refractivity contribution is -0.127. The molecule has 0 aromatic rings. The third kappa shape index (κ3) is 6.28. The molecular weight excluding hydrogens is 311 g/mol. The third-order valence-corrected chi connectivity index (χ3v) is 4.48. The Hall–Kier alpha value is -0.0700. The van der Waals surface area contributed by atoms with Gasteiger partial charge in [-0.3, -0.25) is 14.6 Å². The molecule has 1 amide bonds. The Kier molecular flexibility index (Phi) is 10.6. The maximum Gasteiger partial charge on any atom is 0.237 e. The van der Waals surface area contributed by atoms with Crippen LogP contribution in [0.1, 0.15) is 32.6 Å². The van der Waals surface area contributed by atoms with Crippen LogP contribution in [0.2, 0.25) is 0 Å². The molecular formula is C14H30Cl2N4O. The van der Waals surface area contributed by atoms with Gasteiger partial charge in [0.05, 0.1) is 6.04 Å². The number of piperazine rings is 1. The summed E-state index contributed by atoms with van der Waals surface area (Å²) >= 11 is 0. The first-order valence-electron chi connectivity index (χ1n) is 7.67. The Labute approximate surface area is 140 Å². The fourth-order valence-corrected chi connectivity index (χ4v) is 3.11. The molecule has 2 fully saturated rings. The molecule has 0 spiro atoms. The van der Waals surface area contributed by atoms with Gasteiger partial charge in [-0.1, -0.05) is 12.8 Å². The number of hydrogen-bond acceptors (Lipinski definition) is 4. The number of hydrogen-bond donors (Lipinski definition) is 2. The molecule has 1 aliphatic heterocycles. The first kappa shape index (κ1) is 20.9. The summed E-state index contributed by atoms with van der Waals surface area (Å²) in [6, 6.07) is 0.425. The van der Waals surface area contributed by atoms with E-state index in [1.165, 1.54) is 12.8 Å². The third-order valence-electron chi connectivity index (χ3n) is 4.48. The lowest BCUT2D eigenvalue weighted by Gasteiger charge is -2.37. The second-order valence-corrected chi connectivity index (χ2v) is 5.83. The van der Waals surface area contributed by atoms with E-state index in [1.807, 2.05) is 6.92 Å². The molecule has 1 unspecified atom stereocenters. The molecule has 2 rings (SSSR count). The Morgan fingerprint density at radius 2 is 1.76 bits per heavy atom. The molecule has 2 aliphatic rings. The van der Waals surface area contributed by atoms with Crippen LogP contribution in [0.3, 0.4) is 0 Å². The second kappa shape index (κ2) is 10.6. The van der Waals surface area contributed by atoms with E-state index >= 15 is 0 Å². The molecule has 0 aromatic carbocycles. The van der Waals surface area contributed by atoms with Crippen molar-refractivity contribution in [2.45, 2.75) is 44.7 Å². The molecule has 7 heteroatoms. The molecule has 0 radical (unpaired) electrons. The first-order valence-corrected chi connectivity index (χ1v) is 7.67. The maximum absolute atomic E-state index is 12.2.